The van der Waals surface area contributed by atoms with Gasteiger partial charge in [-0.2, -0.15) is 0 Å². The van der Waals surface area contributed by atoms with Gasteiger partial charge < -0.3 is 19.3 Å². The summed E-state index contributed by atoms with van der Waals surface area (Å²) in [4.78, 5) is 31.5. The Morgan fingerprint density at radius 3 is 2.47 bits per heavy atom. The van der Waals surface area contributed by atoms with Crippen LogP contribution >= 0.6 is 11.3 Å². The van der Waals surface area contributed by atoms with Gasteiger partial charge in [0, 0.05) is 17.0 Å². The minimum atomic E-state index is -0.693. The zero-order chi connectivity index (χ0) is 25.9. The number of methoxy groups -OCH3 is 1. The normalized spacial score (nSPS) is 15.2. The van der Waals surface area contributed by atoms with Crippen LogP contribution in [0.25, 0.3) is 0 Å². The molecule has 8 heteroatoms. The monoisotopic (exact) mass is 510 g/mol. The highest BCUT2D eigenvalue weighted by atomic mass is 32.1. The van der Waals surface area contributed by atoms with Gasteiger partial charge in [0.05, 0.1) is 18.7 Å². The molecule has 3 aromatic rings. The molecule has 1 aliphatic rings. The summed E-state index contributed by atoms with van der Waals surface area (Å²) in [6, 6.07) is 15.0. The summed E-state index contributed by atoms with van der Waals surface area (Å²) in [7, 11) is 1.59. The Morgan fingerprint density at radius 1 is 1.08 bits per heavy atom. The van der Waals surface area contributed by atoms with E-state index in [1.807, 2.05) is 56.5 Å². The Kier molecular flexibility index (Phi) is 7.64. The van der Waals surface area contributed by atoms with Crippen LogP contribution in [0.5, 0.6) is 11.5 Å². The first-order valence-electron chi connectivity index (χ1n) is 11.9. The largest absolute Gasteiger partial charge is 0.493 e. The van der Waals surface area contributed by atoms with Gasteiger partial charge in [0.1, 0.15) is 19.0 Å². The van der Waals surface area contributed by atoms with Crippen molar-refractivity contribution in [2.24, 2.45) is 0 Å². The van der Waals surface area contributed by atoms with Gasteiger partial charge >= 0.3 is 0 Å². The number of rotatable bonds is 7. The summed E-state index contributed by atoms with van der Waals surface area (Å²) < 4.78 is 26.0. The molecule has 0 N–H and O–H groups in total. The molecular formula is C28H31FN2O4S. The van der Waals surface area contributed by atoms with Crippen LogP contribution in [0.3, 0.4) is 0 Å². The van der Waals surface area contributed by atoms with Crippen LogP contribution in [0.4, 0.5) is 4.39 Å². The van der Waals surface area contributed by atoms with Crippen LogP contribution in [-0.4, -0.2) is 54.0 Å². The number of carbonyl (C=O) groups excluding carboxylic acids is 2. The van der Waals surface area contributed by atoms with Gasteiger partial charge in [-0.05, 0) is 68.5 Å². The summed E-state index contributed by atoms with van der Waals surface area (Å²) in [5.41, 5.74) is 0.314. The van der Waals surface area contributed by atoms with Crippen molar-refractivity contribution in [1.82, 2.24) is 9.80 Å². The Labute approximate surface area is 215 Å². The zero-order valence-corrected chi connectivity index (χ0v) is 21.8. The number of halogens is 1. The molecule has 2 heterocycles. The fourth-order valence-electron chi connectivity index (χ4n) is 4.40. The topological polar surface area (TPSA) is 59.1 Å². The Balaban J connectivity index is 1.58. The first-order valence-corrected chi connectivity index (χ1v) is 12.8. The SMILES string of the molecule is COc1ccccc1OC[C@H]1c2ccsc2CCN1C(=O)CN(C(=O)c1ccccc1F)C(C)(C)C. The van der Waals surface area contributed by atoms with Gasteiger partial charge in [-0.25, -0.2) is 4.39 Å². The molecule has 1 aliphatic heterocycles. The Bertz CT molecular complexity index is 1240. The van der Waals surface area contributed by atoms with E-state index in [-0.39, 0.29) is 30.7 Å². The molecule has 0 bridgehead atoms. The van der Waals surface area contributed by atoms with E-state index in [1.54, 1.807) is 29.4 Å². The predicted molar refractivity (Wildman–Crippen MR) is 138 cm³/mol. The third-order valence-electron chi connectivity index (χ3n) is 6.33. The van der Waals surface area contributed by atoms with Crippen LogP contribution < -0.4 is 9.47 Å². The van der Waals surface area contributed by atoms with Crippen molar-refractivity contribution in [3.05, 3.63) is 81.8 Å². The van der Waals surface area contributed by atoms with Crippen molar-refractivity contribution in [2.75, 3.05) is 26.8 Å². The number of amides is 2. The molecule has 36 heavy (non-hydrogen) atoms. The minimum Gasteiger partial charge on any atom is -0.493 e. The van der Waals surface area contributed by atoms with Gasteiger partial charge in [-0.3, -0.25) is 9.59 Å². The van der Waals surface area contributed by atoms with Gasteiger partial charge in [-0.15, -0.1) is 11.3 Å². The second-order valence-electron chi connectivity index (χ2n) is 9.66. The fourth-order valence-corrected chi connectivity index (χ4v) is 5.33. The lowest BCUT2D eigenvalue weighted by Crippen LogP contribution is -2.53. The molecule has 2 amide bonds. The van der Waals surface area contributed by atoms with Crippen LogP contribution in [0.15, 0.2) is 60.0 Å². The van der Waals surface area contributed by atoms with E-state index >= 15 is 0 Å². The average Bonchev–Trinajstić information content (AvgIpc) is 3.34. The summed E-state index contributed by atoms with van der Waals surface area (Å²) >= 11 is 1.67. The standard InChI is InChI=1S/C28H31FN2O4S/c1-28(2,3)31(27(33)19-9-5-6-10-21(19)29)17-26(32)30-15-13-25-20(14-16-36-25)22(30)18-35-24-12-8-7-11-23(24)34-4/h5-12,14,16,22H,13,15,17-18H2,1-4H3/t22-/m0/s1. The van der Waals surface area contributed by atoms with E-state index < -0.39 is 17.3 Å². The molecule has 4 rings (SSSR count). The number of hydrogen-bond acceptors (Lipinski definition) is 5. The van der Waals surface area contributed by atoms with Crippen molar-refractivity contribution < 1.29 is 23.5 Å². The number of hydrogen-bond donors (Lipinski definition) is 0. The summed E-state index contributed by atoms with van der Waals surface area (Å²) in [5.74, 6) is -0.107. The summed E-state index contributed by atoms with van der Waals surface area (Å²) in [6.07, 6.45) is 0.737. The molecule has 0 aliphatic carbocycles. The fraction of sp³-hybridized carbons (Fsp3) is 0.357. The maximum atomic E-state index is 14.4. The number of ether oxygens (including phenoxy) is 2. The summed E-state index contributed by atoms with van der Waals surface area (Å²) in [5, 5.41) is 2.03. The first-order chi connectivity index (χ1) is 17.2. The van der Waals surface area contributed by atoms with Gasteiger partial charge in [0.25, 0.3) is 5.91 Å². The van der Waals surface area contributed by atoms with Crippen LogP contribution in [0, 0.1) is 5.82 Å². The van der Waals surface area contributed by atoms with Crippen molar-refractivity contribution in [3.8, 4) is 11.5 Å². The summed E-state index contributed by atoms with van der Waals surface area (Å²) in [6.45, 7) is 6.11. The van der Waals surface area contributed by atoms with E-state index in [1.165, 1.54) is 28.0 Å². The van der Waals surface area contributed by atoms with E-state index in [0.29, 0.717) is 18.0 Å². The number of thiophene rings is 1. The molecule has 1 atom stereocenters. The zero-order valence-electron chi connectivity index (χ0n) is 21.0. The highest BCUT2D eigenvalue weighted by molar-refractivity contribution is 7.10. The molecule has 0 saturated heterocycles. The van der Waals surface area contributed by atoms with Crippen molar-refractivity contribution in [3.63, 3.8) is 0 Å². The highest BCUT2D eigenvalue weighted by Crippen LogP contribution is 2.35. The van der Waals surface area contributed by atoms with E-state index in [9.17, 15) is 14.0 Å². The minimum absolute atomic E-state index is 0.0463. The van der Waals surface area contributed by atoms with Gasteiger partial charge in [0.2, 0.25) is 5.91 Å². The lowest BCUT2D eigenvalue weighted by Gasteiger charge is -2.40. The van der Waals surface area contributed by atoms with Crippen molar-refractivity contribution in [2.45, 2.75) is 38.8 Å². The van der Waals surface area contributed by atoms with E-state index in [2.05, 4.69) is 0 Å². The van der Waals surface area contributed by atoms with Crippen LogP contribution in [-0.2, 0) is 11.2 Å². The van der Waals surface area contributed by atoms with E-state index in [4.69, 9.17) is 9.47 Å². The van der Waals surface area contributed by atoms with Crippen LogP contribution in [0.1, 0.15) is 47.6 Å². The molecule has 0 spiro atoms. The lowest BCUT2D eigenvalue weighted by atomic mass is 9.99. The van der Waals surface area contributed by atoms with Crippen LogP contribution in [0.2, 0.25) is 0 Å². The second-order valence-corrected chi connectivity index (χ2v) is 10.7. The average molecular weight is 511 g/mol. The van der Waals surface area contributed by atoms with Crippen molar-refractivity contribution in [1.29, 1.82) is 0 Å². The molecule has 0 radical (unpaired) electrons. The molecule has 190 valence electrons. The molecule has 2 aromatic carbocycles. The molecule has 1 aromatic heterocycles. The molecular weight excluding hydrogens is 479 g/mol. The molecule has 0 fully saturated rings. The maximum Gasteiger partial charge on any atom is 0.257 e. The number of para-hydroxylation sites is 2. The lowest BCUT2D eigenvalue weighted by molar-refractivity contribution is -0.136. The predicted octanol–water partition coefficient (Wildman–Crippen LogP) is 5.34. The van der Waals surface area contributed by atoms with Crippen molar-refractivity contribution >= 4 is 23.2 Å². The number of nitrogens with zero attached hydrogens (tertiary/aromatic N) is 2. The quantitative estimate of drug-likeness (QED) is 0.431. The molecule has 0 unspecified atom stereocenters. The third kappa shape index (κ3) is 5.38. The highest BCUT2D eigenvalue weighted by Gasteiger charge is 2.36. The van der Waals surface area contributed by atoms with Gasteiger partial charge in [-0.1, -0.05) is 24.3 Å². The van der Waals surface area contributed by atoms with Gasteiger partial charge in [0.15, 0.2) is 11.5 Å². The maximum absolute atomic E-state index is 14.4. The Morgan fingerprint density at radius 2 is 1.78 bits per heavy atom. The number of fused-ring (bicyclic) bond motifs is 1. The Hall–Kier alpha value is -3.39. The number of benzene rings is 2. The smallest absolute Gasteiger partial charge is 0.257 e. The van der Waals surface area contributed by atoms with E-state index in [0.717, 1.165) is 12.0 Å². The molecule has 0 saturated carbocycles. The second kappa shape index (κ2) is 10.7. The molecule has 6 nitrogen and oxygen atoms in total. The number of carbonyl (C=O) groups is 2. The third-order valence-corrected chi connectivity index (χ3v) is 7.33. The first kappa shape index (κ1) is 25.7.